The lowest BCUT2D eigenvalue weighted by atomic mass is 10.1. The molecule has 7 heteroatoms. The third-order valence-corrected chi connectivity index (χ3v) is 4.32. The highest BCUT2D eigenvalue weighted by Crippen LogP contribution is 2.31. The summed E-state index contributed by atoms with van der Waals surface area (Å²) in [5.74, 6) is -0.523. The average molecular weight is 345 g/mol. The zero-order valence-corrected chi connectivity index (χ0v) is 13.7. The summed E-state index contributed by atoms with van der Waals surface area (Å²) in [6.45, 7) is 0. The molecular formula is C15H18Cl2N2O3. The lowest BCUT2D eigenvalue weighted by Crippen LogP contribution is -2.41. The zero-order chi connectivity index (χ0) is 16.1. The molecule has 1 aromatic rings. The molecule has 5 nitrogen and oxygen atoms in total. The van der Waals surface area contributed by atoms with Gasteiger partial charge in [-0.15, -0.1) is 0 Å². The van der Waals surface area contributed by atoms with Crippen molar-refractivity contribution in [1.29, 1.82) is 0 Å². The number of ether oxygens (including phenoxy) is 1. The molecular weight excluding hydrogens is 327 g/mol. The molecule has 1 aromatic carbocycles. The molecule has 0 aromatic heterocycles. The SMILES string of the molecule is CNC(=O)NC(=O)C(OC1CCCC1)c1ccc(Cl)c(Cl)c1. The largest absolute Gasteiger partial charge is 0.360 e. The maximum Gasteiger partial charge on any atom is 0.321 e. The molecule has 0 spiro atoms. The van der Waals surface area contributed by atoms with Crippen molar-refractivity contribution in [2.45, 2.75) is 37.9 Å². The van der Waals surface area contributed by atoms with E-state index in [2.05, 4.69) is 10.6 Å². The predicted octanol–water partition coefficient (Wildman–Crippen LogP) is 3.45. The van der Waals surface area contributed by atoms with Crippen LogP contribution in [0.3, 0.4) is 0 Å². The van der Waals surface area contributed by atoms with Gasteiger partial charge < -0.3 is 10.1 Å². The van der Waals surface area contributed by atoms with Gasteiger partial charge in [-0.2, -0.15) is 0 Å². The van der Waals surface area contributed by atoms with Crippen molar-refractivity contribution in [2.24, 2.45) is 0 Å². The van der Waals surface area contributed by atoms with Gasteiger partial charge in [-0.05, 0) is 30.5 Å². The van der Waals surface area contributed by atoms with Gasteiger partial charge in [0.1, 0.15) is 0 Å². The third-order valence-electron chi connectivity index (χ3n) is 3.58. The van der Waals surface area contributed by atoms with E-state index in [1.807, 2.05) is 0 Å². The monoisotopic (exact) mass is 344 g/mol. The molecule has 1 unspecified atom stereocenters. The van der Waals surface area contributed by atoms with E-state index in [1.54, 1.807) is 18.2 Å². The molecule has 0 saturated heterocycles. The number of benzene rings is 1. The zero-order valence-electron chi connectivity index (χ0n) is 12.2. The Balaban J connectivity index is 2.20. The molecule has 1 atom stereocenters. The summed E-state index contributed by atoms with van der Waals surface area (Å²) in [6.07, 6.45) is 3.09. The van der Waals surface area contributed by atoms with E-state index in [-0.39, 0.29) is 6.10 Å². The normalized spacial score (nSPS) is 16.3. The minimum atomic E-state index is -0.893. The highest BCUT2D eigenvalue weighted by Gasteiger charge is 2.28. The second-order valence-electron chi connectivity index (χ2n) is 5.16. The van der Waals surface area contributed by atoms with Crippen molar-refractivity contribution in [1.82, 2.24) is 10.6 Å². The molecule has 22 heavy (non-hydrogen) atoms. The van der Waals surface area contributed by atoms with Crippen molar-refractivity contribution in [3.8, 4) is 0 Å². The molecule has 2 rings (SSSR count). The summed E-state index contributed by atoms with van der Waals surface area (Å²) in [5.41, 5.74) is 0.572. The van der Waals surface area contributed by atoms with Crippen LogP contribution in [0.5, 0.6) is 0 Å². The van der Waals surface area contributed by atoms with Gasteiger partial charge in [0.15, 0.2) is 6.10 Å². The van der Waals surface area contributed by atoms with Gasteiger partial charge in [-0.1, -0.05) is 42.1 Å². The summed E-state index contributed by atoms with van der Waals surface area (Å²) in [5, 5.41) is 5.33. The minimum absolute atomic E-state index is 0.00916. The first-order valence-electron chi connectivity index (χ1n) is 7.14. The fraction of sp³-hybridized carbons (Fsp3) is 0.467. The van der Waals surface area contributed by atoms with Crippen molar-refractivity contribution in [3.05, 3.63) is 33.8 Å². The fourth-order valence-corrected chi connectivity index (χ4v) is 2.73. The van der Waals surface area contributed by atoms with E-state index in [0.29, 0.717) is 15.6 Å². The van der Waals surface area contributed by atoms with Crippen LogP contribution >= 0.6 is 23.2 Å². The Hall–Kier alpha value is -1.30. The number of hydrogen-bond donors (Lipinski definition) is 2. The van der Waals surface area contributed by atoms with Gasteiger partial charge in [0.25, 0.3) is 5.91 Å². The first-order valence-corrected chi connectivity index (χ1v) is 7.90. The lowest BCUT2D eigenvalue weighted by molar-refractivity contribution is -0.136. The Morgan fingerprint density at radius 2 is 1.91 bits per heavy atom. The number of amides is 3. The summed E-state index contributed by atoms with van der Waals surface area (Å²) in [6, 6.07) is 4.30. The van der Waals surface area contributed by atoms with Crippen molar-refractivity contribution in [3.63, 3.8) is 0 Å². The number of halogens is 2. The fourth-order valence-electron chi connectivity index (χ4n) is 2.42. The van der Waals surface area contributed by atoms with E-state index >= 15 is 0 Å². The summed E-state index contributed by atoms with van der Waals surface area (Å²) in [4.78, 5) is 23.7. The number of carbonyl (C=O) groups excluding carboxylic acids is 2. The molecule has 2 N–H and O–H groups in total. The van der Waals surface area contributed by atoms with Crippen LogP contribution in [-0.2, 0) is 9.53 Å². The van der Waals surface area contributed by atoms with Gasteiger partial charge in [0.2, 0.25) is 0 Å². The van der Waals surface area contributed by atoms with E-state index in [9.17, 15) is 9.59 Å². The van der Waals surface area contributed by atoms with Crippen molar-refractivity contribution < 1.29 is 14.3 Å². The van der Waals surface area contributed by atoms with Crippen molar-refractivity contribution in [2.75, 3.05) is 7.05 Å². The van der Waals surface area contributed by atoms with Gasteiger partial charge in [0.05, 0.1) is 16.1 Å². The first-order chi connectivity index (χ1) is 10.5. The number of carbonyl (C=O) groups is 2. The van der Waals surface area contributed by atoms with Crippen LogP contribution in [0.1, 0.15) is 37.4 Å². The van der Waals surface area contributed by atoms with Gasteiger partial charge in [0, 0.05) is 7.05 Å². The molecule has 3 amide bonds. The van der Waals surface area contributed by atoms with Crippen LogP contribution in [0.25, 0.3) is 0 Å². The topological polar surface area (TPSA) is 67.4 Å². The number of hydrogen-bond acceptors (Lipinski definition) is 3. The summed E-state index contributed by atoms with van der Waals surface area (Å²) < 4.78 is 5.91. The predicted molar refractivity (Wildman–Crippen MR) is 85.1 cm³/mol. The maximum absolute atomic E-state index is 12.3. The van der Waals surface area contributed by atoms with Gasteiger partial charge in [-0.25, -0.2) is 4.79 Å². The standard InChI is InChI=1S/C15H18Cl2N2O3/c1-18-15(21)19-14(20)13(22-10-4-2-3-5-10)9-6-7-11(16)12(17)8-9/h6-8,10,13H,2-5H2,1H3,(H2,18,19,20,21). The second-order valence-corrected chi connectivity index (χ2v) is 5.98. The molecule has 1 aliphatic carbocycles. The third kappa shape index (κ3) is 4.35. The molecule has 0 heterocycles. The molecule has 120 valence electrons. The summed E-state index contributed by atoms with van der Waals surface area (Å²) >= 11 is 11.9. The Kier molecular flexibility index (Phi) is 6.06. The van der Waals surface area contributed by atoms with Crippen LogP contribution in [0.2, 0.25) is 10.0 Å². The first kappa shape index (κ1) is 17.1. The molecule has 1 aliphatic rings. The average Bonchev–Trinajstić information content (AvgIpc) is 3.00. The van der Waals surface area contributed by atoms with Crippen LogP contribution < -0.4 is 10.6 Å². The lowest BCUT2D eigenvalue weighted by Gasteiger charge is -2.22. The Bertz CT molecular complexity index is 560. The molecule has 1 saturated carbocycles. The number of urea groups is 1. The minimum Gasteiger partial charge on any atom is -0.360 e. The van der Waals surface area contributed by atoms with Gasteiger partial charge in [-0.3, -0.25) is 10.1 Å². The summed E-state index contributed by atoms with van der Waals surface area (Å²) in [7, 11) is 1.44. The van der Waals surface area contributed by atoms with Gasteiger partial charge >= 0.3 is 6.03 Å². The highest BCUT2D eigenvalue weighted by molar-refractivity contribution is 6.42. The van der Waals surface area contributed by atoms with Crippen LogP contribution in [0.4, 0.5) is 4.79 Å². The molecule has 0 bridgehead atoms. The molecule has 0 radical (unpaired) electrons. The molecule has 0 aliphatic heterocycles. The van der Waals surface area contributed by atoms with Crippen LogP contribution in [-0.4, -0.2) is 25.1 Å². The van der Waals surface area contributed by atoms with Crippen LogP contribution in [0, 0.1) is 0 Å². The number of imide groups is 1. The maximum atomic E-state index is 12.3. The van der Waals surface area contributed by atoms with E-state index in [4.69, 9.17) is 27.9 Å². The number of nitrogens with one attached hydrogen (secondary N) is 2. The highest BCUT2D eigenvalue weighted by atomic mass is 35.5. The van der Waals surface area contributed by atoms with E-state index in [0.717, 1.165) is 25.7 Å². The van der Waals surface area contributed by atoms with Crippen LogP contribution in [0.15, 0.2) is 18.2 Å². The van der Waals surface area contributed by atoms with Crippen molar-refractivity contribution >= 4 is 35.1 Å². The second kappa shape index (κ2) is 7.81. The quantitative estimate of drug-likeness (QED) is 0.878. The number of rotatable bonds is 4. The Morgan fingerprint density at radius 3 is 2.50 bits per heavy atom. The van der Waals surface area contributed by atoms with E-state index < -0.39 is 18.0 Å². The van der Waals surface area contributed by atoms with E-state index in [1.165, 1.54) is 7.05 Å². The smallest absolute Gasteiger partial charge is 0.321 e. The Labute approximate surface area is 139 Å². The Morgan fingerprint density at radius 1 is 1.23 bits per heavy atom. The molecule has 1 fully saturated rings.